The summed E-state index contributed by atoms with van der Waals surface area (Å²) >= 11 is 0. The van der Waals surface area contributed by atoms with E-state index in [1.54, 1.807) is 6.92 Å². The van der Waals surface area contributed by atoms with Crippen molar-refractivity contribution in [1.29, 1.82) is 0 Å². The minimum Gasteiger partial charge on any atom is -0.507 e. The Bertz CT molecular complexity index is 413. The van der Waals surface area contributed by atoms with Crippen molar-refractivity contribution in [1.82, 2.24) is 0 Å². The third-order valence-electron chi connectivity index (χ3n) is 3.23. The largest absolute Gasteiger partial charge is 0.507 e. The number of aliphatic hydroxyl groups excluding tert-OH is 1. The molecular weight excluding hydrogens is 216 g/mol. The van der Waals surface area contributed by atoms with Crippen LogP contribution in [0.25, 0.3) is 0 Å². The standard InChI is InChI=1S/C14H18O3/c1-10(13(15)11-6-2-3-7-11)14(16)17-12-8-4-5-9-12/h6,8,15H,2-5,7,9H2,1H3. The smallest absolute Gasteiger partial charge is 0.342 e. The number of hydrogen-bond donors (Lipinski definition) is 1. The molecule has 0 saturated carbocycles. The van der Waals surface area contributed by atoms with Crippen LogP contribution in [-0.2, 0) is 9.53 Å². The topological polar surface area (TPSA) is 46.5 Å². The maximum atomic E-state index is 11.8. The molecule has 0 saturated heterocycles. The van der Waals surface area contributed by atoms with Gasteiger partial charge in [0.15, 0.2) is 0 Å². The Morgan fingerprint density at radius 2 is 1.94 bits per heavy atom. The molecule has 17 heavy (non-hydrogen) atoms. The van der Waals surface area contributed by atoms with E-state index in [2.05, 4.69) is 0 Å². The minimum atomic E-state index is -0.427. The predicted molar refractivity (Wildman–Crippen MR) is 65.3 cm³/mol. The maximum Gasteiger partial charge on any atom is 0.342 e. The second kappa shape index (κ2) is 5.21. The number of carbonyl (C=O) groups is 1. The zero-order valence-corrected chi connectivity index (χ0v) is 10.2. The van der Waals surface area contributed by atoms with Crippen LogP contribution >= 0.6 is 0 Å². The van der Waals surface area contributed by atoms with Crippen LogP contribution in [0.2, 0.25) is 0 Å². The third kappa shape index (κ3) is 2.78. The summed E-state index contributed by atoms with van der Waals surface area (Å²) in [6, 6.07) is 0. The van der Waals surface area contributed by atoms with Gasteiger partial charge in [-0.3, -0.25) is 0 Å². The number of rotatable bonds is 3. The summed E-state index contributed by atoms with van der Waals surface area (Å²) in [6.45, 7) is 1.62. The van der Waals surface area contributed by atoms with Crippen LogP contribution in [0.5, 0.6) is 0 Å². The Morgan fingerprint density at radius 1 is 1.24 bits per heavy atom. The van der Waals surface area contributed by atoms with Crippen molar-refractivity contribution in [2.24, 2.45) is 0 Å². The van der Waals surface area contributed by atoms with Crippen molar-refractivity contribution in [3.05, 3.63) is 34.8 Å². The number of esters is 1. The summed E-state index contributed by atoms with van der Waals surface area (Å²) in [5, 5.41) is 9.95. The molecule has 0 atom stereocenters. The molecule has 0 fully saturated rings. The van der Waals surface area contributed by atoms with Crippen LogP contribution in [0.15, 0.2) is 34.8 Å². The van der Waals surface area contributed by atoms with Crippen LogP contribution in [0.3, 0.4) is 0 Å². The van der Waals surface area contributed by atoms with Crippen molar-refractivity contribution >= 4 is 5.97 Å². The van der Waals surface area contributed by atoms with Crippen molar-refractivity contribution < 1.29 is 14.6 Å². The lowest BCUT2D eigenvalue weighted by Crippen LogP contribution is -2.08. The monoisotopic (exact) mass is 234 g/mol. The number of aliphatic hydroxyl groups is 1. The summed E-state index contributed by atoms with van der Waals surface area (Å²) in [5.41, 5.74) is 1.19. The molecule has 92 valence electrons. The van der Waals surface area contributed by atoms with Gasteiger partial charge in [-0.15, -0.1) is 0 Å². The Hall–Kier alpha value is -1.51. The summed E-state index contributed by atoms with van der Waals surface area (Å²) in [4.78, 5) is 11.8. The molecule has 2 rings (SSSR count). The Balaban J connectivity index is 2.04. The first-order chi connectivity index (χ1) is 8.18. The van der Waals surface area contributed by atoms with Crippen LogP contribution in [0.4, 0.5) is 0 Å². The summed E-state index contributed by atoms with van der Waals surface area (Å²) < 4.78 is 5.23. The zero-order valence-electron chi connectivity index (χ0n) is 10.2. The Morgan fingerprint density at radius 3 is 2.53 bits per heavy atom. The van der Waals surface area contributed by atoms with Crippen molar-refractivity contribution in [2.45, 2.75) is 45.4 Å². The molecule has 0 unspecified atom stereocenters. The summed E-state index contributed by atoms with van der Waals surface area (Å²) in [6.07, 6.45) is 9.64. The van der Waals surface area contributed by atoms with Gasteiger partial charge in [0.2, 0.25) is 0 Å². The second-order valence-corrected chi connectivity index (χ2v) is 4.55. The third-order valence-corrected chi connectivity index (χ3v) is 3.23. The van der Waals surface area contributed by atoms with E-state index in [9.17, 15) is 9.90 Å². The molecule has 0 aromatic rings. The van der Waals surface area contributed by atoms with Gasteiger partial charge in [0, 0.05) is 6.42 Å². The van der Waals surface area contributed by atoms with Gasteiger partial charge in [-0.2, -0.15) is 0 Å². The zero-order chi connectivity index (χ0) is 12.3. The van der Waals surface area contributed by atoms with Gasteiger partial charge in [0.25, 0.3) is 0 Å². The van der Waals surface area contributed by atoms with Crippen LogP contribution in [0, 0.1) is 0 Å². The second-order valence-electron chi connectivity index (χ2n) is 4.55. The summed E-state index contributed by atoms with van der Waals surface area (Å²) in [5.74, 6) is 0.414. The average Bonchev–Trinajstić information content (AvgIpc) is 2.99. The molecule has 3 heteroatoms. The van der Waals surface area contributed by atoms with Gasteiger partial charge >= 0.3 is 5.97 Å². The molecule has 2 aliphatic carbocycles. The lowest BCUT2D eigenvalue weighted by Gasteiger charge is -2.08. The first-order valence-corrected chi connectivity index (χ1v) is 6.19. The molecule has 3 nitrogen and oxygen atoms in total. The van der Waals surface area contributed by atoms with E-state index in [-0.39, 0.29) is 5.76 Å². The van der Waals surface area contributed by atoms with E-state index in [4.69, 9.17) is 4.74 Å². The number of allylic oxidation sites excluding steroid dienone is 4. The molecular formula is C14H18O3. The van der Waals surface area contributed by atoms with E-state index in [0.29, 0.717) is 5.57 Å². The van der Waals surface area contributed by atoms with E-state index in [1.165, 1.54) is 0 Å². The highest BCUT2D eigenvalue weighted by molar-refractivity contribution is 5.89. The molecule has 2 aliphatic rings. The van der Waals surface area contributed by atoms with Crippen LogP contribution < -0.4 is 0 Å². The quantitative estimate of drug-likeness (QED) is 0.461. The fourth-order valence-electron chi connectivity index (χ4n) is 2.15. The van der Waals surface area contributed by atoms with Gasteiger partial charge in [0.05, 0.1) is 5.57 Å². The van der Waals surface area contributed by atoms with Gasteiger partial charge in [0.1, 0.15) is 11.5 Å². The van der Waals surface area contributed by atoms with Crippen LogP contribution in [-0.4, -0.2) is 11.1 Å². The van der Waals surface area contributed by atoms with Gasteiger partial charge in [-0.25, -0.2) is 4.79 Å². The number of carbonyl (C=O) groups excluding carboxylic acids is 1. The molecule has 0 amide bonds. The first kappa shape index (κ1) is 12.0. The fourth-order valence-corrected chi connectivity index (χ4v) is 2.15. The minimum absolute atomic E-state index is 0.103. The van der Waals surface area contributed by atoms with E-state index < -0.39 is 5.97 Å². The van der Waals surface area contributed by atoms with E-state index >= 15 is 0 Å². The van der Waals surface area contributed by atoms with Crippen molar-refractivity contribution in [2.75, 3.05) is 0 Å². The highest BCUT2D eigenvalue weighted by Gasteiger charge is 2.19. The molecule has 0 aliphatic heterocycles. The first-order valence-electron chi connectivity index (χ1n) is 6.19. The average molecular weight is 234 g/mol. The Kier molecular flexibility index (Phi) is 3.67. The van der Waals surface area contributed by atoms with Gasteiger partial charge in [-0.1, -0.05) is 6.08 Å². The molecule has 0 radical (unpaired) electrons. The maximum absolute atomic E-state index is 11.8. The number of ether oxygens (including phenoxy) is 1. The molecule has 0 heterocycles. The molecule has 1 N–H and O–H groups in total. The molecule has 0 aromatic heterocycles. The van der Waals surface area contributed by atoms with Gasteiger partial charge < -0.3 is 9.84 Å². The van der Waals surface area contributed by atoms with Crippen molar-refractivity contribution in [3.63, 3.8) is 0 Å². The van der Waals surface area contributed by atoms with Crippen molar-refractivity contribution in [3.8, 4) is 0 Å². The normalized spacial score (nSPS) is 20.8. The molecule has 0 spiro atoms. The highest BCUT2D eigenvalue weighted by Crippen LogP contribution is 2.26. The predicted octanol–water partition coefficient (Wildman–Crippen LogP) is 3.54. The lowest BCUT2D eigenvalue weighted by molar-refractivity contribution is -0.135. The number of hydrogen-bond acceptors (Lipinski definition) is 3. The lowest BCUT2D eigenvalue weighted by atomic mass is 10.1. The van der Waals surface area contributed by atoms with Crippen LogP contribution in [0.1, 0.15) is 45.4 Å². The molecule has 0 bridgehead atoms. The Labute approximate surface area is 101 Å². The van der Waals surface area contributed by atoms with E-state index in [1.807, 2.05) is 12.2 Å². The SMILES string of the molecule is CC(C(=O)OC1=CCCC1)=C(O)C1=CCCC1. The van der Waals surface area contributed by atoms with Gasteiger partial charge in [-0.05, 0) is 50.7 Å². The fraction of sp³-hybridized carbons (Fsp3) is 0.500. The molecule has 0 aromatic carbocycles. The van der Waals surface area contributed by atoms with E-state index in [0.717, 1.165) is 49.9 Å². The highest BCUT2D eigenvalue weighted by atomic mass is 16.5. The summed E-state index contributed by atoms with van der Waals surface area (Å²) in [7, 11) is 0.